The molecule has 0 fully saturated rings. The molecule has 0 aliphatic carbocycles. The smallest absolute Gasteiger partial charge is 0.303 e. The highest BCUT2D eigenvalue weighted by Crippen LogP contribution is 2.14. The van der Waals surface area contributed by atoms with Crippen LogP contribution < -0.4 is 5.32 Å². The molecule has 0 radical (unpaired) electrons. The zero-order chi connectivity index (χ0) is 13.7. The topological polar surface area (TPSA) is 84.2 Å². The Kier molecular flexibility index (Phi) is 3.92. The first-order valence-corrected chi connectivity index (χ1v) is 5.77. The fraction of sp³-hybridized carbons (Fsp3) is 0.154. The van der Waals surface area contributed by atoms with E-state index in [2.05, 4.69) is 10.4 Å². The Hall–Kier alpha value is -2.63. The Morgan fingerprint density at radius 1 is 1.26 bits per heavy atom. The Morgan fingerprint density at radius 3 is 2.79 bits per heavy atom. The molecule has 19 heavy (non-hydrogen) atoms. The minimum Gasteiger partial charge on any atom is -0.481 e. The zero-order valence-electron chi connectivity index (χ0n) is 10.1. The fourth-order valence-corrected chi connectivity index (χ4v) is 1.59. The van der Waals surface area contributed by atoms with Gasteiger partial charge < -0.3 is 10.4 Å². The first-order valence-electron chi connectivity index (χ1n) is 5.77. The van der Waals surface area contributed by atoms with Gasteiger partial charge in [0, 0.05) is 24.5 Å². The van der Waals surface area contributed by atoms with Crippen LogP contribution in [0.1, 0.15) is 12.8 Å². The number of aliphatic carboxylic acids is 1. The summed E-state index contributed by atoms with van der Waals surface area (Å²) in [5.41, 5.74) is 1.43. The van der Waals surface area contributed by atoms with Crippen LogP contribution in [-0.2, 0) is 9.59 Å². The van der Waals surface area contributed by atoms with E-state index in [9.17, 15) is 9.59 Å². The van der Waals surface area contributed by atoms with Crippen LogP contribution in [0.15, 0.2) is 42.7 Å². The van der Waals surface area contributed by atoms with Gasteiger partial charge in [0.2, 0.25) is 5.91 Å². The van der Waals surface area contributed by atoms with Crippen LogP contribution in [0.2, 0.25) is 0 Å². The third-order valence-electron chi connectivity index (χ3n) is 2.46. The van der Waals surface area contributed by atoms with Crippen molar-refractivity contribution in [2.24, 2.45) is 0 Å². The van der Waals surface area contributed by atoms with Gasteiger partial charge in [-0.2, -0.15) is 5.10 Å². The Labute approximate surface area is 109 Å². The van der Waals surface area contributed by atoms with Crippen LogP contribution in [-0.4, -0.2) is 26.8 Å². The van der Waals surface area contributed by atoms with E-state index >= 15 is 0 Å². The summed E-state index contributed by atoms with van der Waals surface area (Å²) in [4.78, 5) is 21.9. The average Bonchev–Trinajstić information content (AvgIpc) is 2.90. The van der Waals surface area contributed by atoms with Gasteiger partial charge in [-0.25, -0.2) is 4.68 Å². The number of anilines is 1. The van der Waals surface area contributed by atoms with E-state index in [4.69, 9.17) is 5.11 Å². The molecule has 1 aromatic carbocycles. The second-order valence-corrected chi connectivity index (χ2v) is 3.94. The van der Waals surface area contributed by atoms with E-state index in [1.165, 1.54) is 0 Å². The lowest BCUT2D eigenvalue weighted by Crippen LogP contribution is -2.13. The number of nitrogens with one attached hydrogen (secondary N) is 1. The number of carboxylic acid groups (broad SMARTS) is 1. The van der Waals surface area contributed by atoms with Gasteiger partial charge in [0.1, 0.15) is 0 Å². The maximum atomic E-state index is 11.5. The van der Waals surface area contributed by atoms with Crippen molar-refractivity contribution in [1.82, 2.24) is 9.78 Å². The number of carbonyl (C=O) groups excluding carboxylic acids is 1. The normalized spacial score (nSPS) is 10.1. The van der Waals surface area contributed by atoms with Gasteiger partial charge in [0.15, 0.2) is 0 Å². The number of amides is 1. The van der Waals surface area contributed by atoms with Gasteiger partial charge in [-0.05, 0) is 24.3 Å². The summed E-state index contributed by atoms with van der Waals surface area (Å²) in [6.07, 6.45) is 3.25. The SMILES string of the molecule is O=C(O)CCC(=O)Nc1cccc(-n2cccn2)c1. The van der Waals surface area contributed by atoms with Crippen molar-refractivity contribution >= 4 is 17.6 Å². The Morgan fingerprint density at radius 2 is 2.11 bits per heavy atom. The minimum atomic E-state index is -0.986. The molecule has 2 rings (SSSR count). The molecule has 0 saturated carbocycles. The van der Waals surface area contributed by atoms with Crippen molar-refractivity contribution in [2.75, 3.05) is 5.32 Å². The summed E-state index contributed by atoms with van der Waals surface area (Å²) in [6, 6.07) is 8.97. The molecule has 0 bridgehead atoms. The molecule has 0 atom stereocenters. The maximum Gasteiger partial charge on any atom is 0.303 e. The van der Waals surface area contributed by atoms with E-state index in [1.807, 2.05) is 6.07 Å². The van der Waals surface area contributed by atoms with E-state index in [-0.39, 0.29) is 18.7 Å². The summed E-state index contributed by atoms with van der Waals surface area (Å²) < 4.78 is 1.67. The standard InChI is InChI=1S/C13H13N3O3/c17-12(5-6-13(18)19)15-10-3-1-4-11(9-10)16-8-2-7-14-16/h1-4,7-9H,5-6H2,(H,15,17)(H,18,19). The van der Waals surface area contributed by atoms with Gasteiger partial charge in [-0.1, -0.05) is 6.07 Å². The van der Waals surface area contributed by atoms with Crippen LogP contribution in [0.3, 0.4) is 0 Å². The molecular formula is C13H13N3O3. The number of hydrogen-bond acceptors (Lipinski definition) is 3. The molecule has 0 saturated heterocycles. The molecule has 98 valence electrons. The van der Waals surface area contributed by atoms with E-state index in [0.717, 1.165) is 5.69 Å². The summed E-state index contributed by atoms with van der Waals surface area (Å²) in [7, 11) is 0. The lowest BCUT2D eigenvalue weighted by molar-refractivity contribution is -0.138. The Balaban J connectivity index is 2.03. The number of carboxylic acids is 1. The zero-order valence-corrected chi connectivity index (χ0v) is 10.1. The predicted molar refractivity (Wildman–Crippen MR) is 69.1 cm³/mol. The number of aromatic nitrogens is 2. The second kappa shape index (κ2) is 5.81. The average molecular weight is 259 g/mol. The molecule has 2 N–H and O–H groups in total. The predicted octanol–water partition coefficient (Wildman–Crippen LogP) is 1.68. The third-order valence-corrected chi connectivity index (χ3v) is 2.46. The van der Waals surface area contributed by atoms with Crippen molar-refractivity contribution in [3.8, 4) is 5.69 Å². The van der Waals surface area contributed by atoms with Gasteiger partial charge in [-0.3, -0.25) is 9.59 Å². The van der Waals surface area contributed by atoms with Crippen molar-refractivity contribution in [3.05, 3.63) is 42.7 Å². The second-order valence-electron chi connectivity index (χ2n) is 3.94. The van der Waals surface area contributed by atoms with Gasteiger partial charge in [-0.15, -0.1) is 0 Å². The van der Waals surface area contributed by atoms with E-state index in [1.54, 1.807) is 41.3 Å². The Bertz CT molecular complexity index is 579. The molecule has 6 nitrogen and oxygen atoms in total. The number of benzene rings is 1. The van der Waals surface area contributed by atoms with Crippen molar-refractivity contribution < 1.29 is 14.7 Å². The molecule has 0 spiro atoms. The van der Waals surface area contributed by atoms with Crippen molar-refractivity contribution in [3.63, 3.8) is 0 Å². The molecule has 1 heterocycles. The third kappa shape index (κ3) is 3.67. The molecule has 1 aromatic heterocycles. The fourth-order valence-electron chi connectivity index (χ4n) is 1.59. The largest absolute Gasteiger partial charge is 0.481 e. The summed E-state index contributed by atoms with van der Waals surface area (Å²) >= 11 is 0. The molecule has 1 amide bonds. The first kappa shape index (κ1) is 12.8. The molecule has 6 heteroatoms. The van der Waals surface area contributed by atoms with E-state index in [0.29, 0.717) is 5.69 Å². The van der Waals surface area contributed by atoms with Crippen LogP contribution in [0.4, 0.5) is 5.69 Å². The van der Waals surface area contributed by atoms with Gasteiger partial charge in [0.05, 0.1) is 12.1 Å². The molecule has 0 aliphatic heterocycles. The quantitative estimate of drug-likeness (QED) is 0.855. The number of nitrogens with zero attached hydrogens (tertiary/aromatic N) is 2. The maximum absolute atomic E-state index is 11.5. The van der Waals surface area contributed by atoms with Gasteiger partial charge in [0.25, 0.3) is 0 Å². The monoisotopic (exact) mass is 259 g/mol. The first-order chi connectivity index (χ1) is 9.15. The summed E-state index contributed by atoms with van der Waals surface area (Å²) in [5.74, 6) is -1.31. The number of hydrogen-bond donors (Lipinski definition) is 2. The van der Waals surface area contributed by atoms with Crippen LogP contribution in [0.5, 0.6) is 0 Å². The highest BCUT2D eigenvalue weighted by Gasteiger charge is 2.06. The minimum absolute atomic E-state index is 0.0403. The molecule has 0 unspecified atom stereocenters. The molecule has 2 aromatic rings. The van der Waals surface area contributed by atoms with Crippen LogP contribution in [0, 0.1) is 0 Å². The highest BCUT2D eigenvalue weighted by atomic mass is 16.4. The highest BCUT2D eigenvalue weighted by molar-refractivity contribution is 5.92. The lowest BCUT2D eigenvalue weighted by atomic mass is 10.2. The van der Waals surface area contributed by atoms with E-state index < -0.39 is 5.97 Å². The number of rotatable bonds is 5. The summed E-state index contributed by atoms with van der Waals surface area (Å²) in [5, 5.41) is 15.3. The lowest BCUT2D eigenvalue weighted by Gasteiger charge is -2.07. The van der Waals surface area contributed by atoms with Crippen molar-refractivity contribution in [1.29, 1.82) is 0 Å². The van der Waals surface area contributed by atoms with Crippen LogP contribution >= 0.6 is 0 Å². The molecule has 0 aliphatic rings. The van der Waals surface area contributed by atoms with Crippen LogP contribution in [0.25, 0.3) is 5.69 Å². The van der Waals surface area contributed by atoms with Gasteiger partial charge >= 0.3 is 5.97 Å². The number of carbonyl (C=O) groups is 2. The molecular weight excluding hydrogens is 246 g/mol. The summed E-state index contributed by atoms with van der Waals surface area (Å²) in [6.45, 7) is 0. The van der Waals surface area contributed by atoms with Crippen molar-refractivity contribution in [2.45, 2.75) is 12.8 Å².